The Labute approximate surface area is 116 Å². The van der Waals surface area contributed by atoms with Gasteiger partial charge in [0, 0.05) is 4.90 Å². The van der Waals surface area contributed by atoms with Crippen molar-refractivity contribution in [3.05, 3.63) is 35.9 Å². The number of carbonyl (C=O) groups excluding carboxylic acids is 2. The maximum atomic E-state index is 11.8. The van der Waals surface area contributed by atoms with E-state index < -0.39 is 5.97 Å². The van der Waals surface area contributed by atoms with Gasteiger partial charge in [0.15, 0.2) is 0 Å². The average Bonchev–Trinajstić information content (AvgIpc) is 2.36. The van der Waals surface area contributed by atoms with Gasteiger partial charge in [-0.3, -0.25) is 4.79 Å². The lowest BCUT2D eigenvalue weighted by atomic mass is 10.2. The lowest BCUT2D eigenvalue weighted by Gasteiger charge is -2.21. The molecule has 0 saturated heterocycles. The summed E-state index contributed by atoms with van der Waals surface area (Å²) >= 11 is 1.48. The SMILES string of the molecule is C=C(C)COC(=O)c1ccc2c(c1)NC(=O)[C@@H](C)S2. The predicted molar refractivity (Wildman–Crippen MR) is 75.5 cm³/mol. The number of hydrogen-bond acceptors (Lipinski definition) is 4. The van der Waals surface area contributed by atoms with Gasteiger partial charge in [-0.2, -0.15) is 0 Å². The molecule has 0 bridgehead atoms. The van der Waals surface area contributed by atoms with Gasteiger partial charge in [-0.15, -0.1) is 11.8 Å². The summed E-state index contributed by atoms with van der Waals surface area (Å²) in [5.41, 5.74) is 1.87. The molecule has 0 spiro atoms. The molecule has 1 aliphatic rings. The van der Waals surface area contributed by atoms with Crippen LogP contribution < -0.4 is 5.32 Å². The van der Waals surface area contributed by atoms with Crippen LogP contribution in [0.15, 0.2) is 35.2 Å². The first-order chi connectivity index (χ1) is 8.97. The van der Waals surface area contributed by atoms with Crippen LogP contribution in [0.4, 0.5) is 5.69 Å². The lowest BCUT2D eigenvalue weighted by molar-refractivity contribution is -0.115. The van der Waals surface area contributed by atoms with E-state index in [1.807, 2.05) is 13.0 Å². The maximum absolute atomic E-state index is 11.8. The Hall–Kier alpha value is -1.75. The van der Waals surface area contributed by atoms with Crippen molar-refractivity contribution >= 4 is 29.3 Å². The fraction of sp³-hybridized carbons (Fsp3) is 0.286. The van der Waals surface area contributed by atoms with Crippen LogP contribution in [0, 0.1) is 0 Å². The Morgan fingerprint density at radius 1 is 1.53 bits per heavy atom. The van der Waals surface area contributed by atoms with Gasteiger partial charge in [-0.1, -0.05) is 6.58 Å². The molecule has 2 rings (SSSR count). The highest BCUT2D eigenvalue weighted by Crippen LogP contribution is 2.35. The van der Waals surface area contributed by atoms with Crippen LogP contribution in [0.25, 0.3) is 0 Å². The van der Waals surface area contributed by atoms with Gasteiger partial charge in [-0.05, 0) is 37.6 Å². The number of ether oxygens (including phenoxy) is 1. The number of esters is 1. The standard InChI is InChI=1S/C14H15NO3S/c1-8(2)7-18-14(17)10-4-5-12-11(6-10)15-13(16)9(3)19-12/h4-6,9H,1,7H2,2-3H3,(H,15,16)/t9-/m1/s1. The summed E-state index contributed by atoms with van der Waals surface area (Å²) in [6.07, 6.45) is 0. The Morgan fingerprint density at radius 2 is 2.26 bits per heavy atom. The van der Waals surface area contributed by atoms with E-state index in [4.69, 9.17) is 4.74 Å². The second-order valence-electron chi connectivity index (χ2n) is 4.49. The molecule has 4 nitrogen and oxygen atoms in total. The van der Waals surface area contributed by atoms with Crippen molar-refractivity contribution in [3.63, 3.8) is 0 Å². The Kier molecular flexibility index (Phi) is 3.95. The van der Waals surface area contributed by atoms with Gasteiger partial charge in [0.2, 0.25) is 5.91 Å². The van der Waals surface area contributed by atoms with Crippen LogP contribution in [0.2, 0.25) is 0 Å². The van der Waals surface area contributed by atoms with E-state index in [9.17, 15) is 9.59 Å². The van der Waals surface area contributed by atoms with Crippen molar-refractivity contribution in [1.29, 1.82) is 0 Å². The van der Waals surface area contributed by atoms with Crippen LogP contribution in [0.1, 0.15) is 24.2 Å². The first-order valence-electron chi connectivity index (χ1n) is 5.90. The molecule has 1 atom stereocenters. The average molecular weight is 277 g/mol. The second-order valence-corrected chi connectivity index (χ2v) is 5.88. The number of rotatable bonds is 3. The van der Waals surface area contributed by atoms with Crippen LogP contribution in [0.3, 0.4) is 0 Å². The van der Waals surface area contributed by atoms with Crippen LogP contribution >= 0.6 is 11.8 Å². The highest BCUT2D eigenvalue weighted by molar-refractivity contribution is 8.00. The van der Waals surface area contributed by atoms with E-state index >= 15 is 0 Å². The van der Waals surface area contributed by atoms with Gasteiger partial charge in [0.05, 0.1) is 16.5 Å². The number of anilines is 1. The Balaban J connectivity index is 2.17. The molecule has 1 N–H and O–H groups in total. The van der Waals surface area contributed by atoms with Gasteiger partial charge in [0.1, 0.15) is 6.61 Å². The van der Waals surface area contributed by atoms with E-state index in [1.165, 1.54) is 11.8 Å². The van der Waals surface area contributed by atoms with Crippen molar-refractivity contribution in [1.82, 2.24) is 0 Å². The smallest absolute Gasteiger partial charge is 0.338 e. The molecular formula is C14H15NO3S. The molecule has 1 aliphatic heterocycles. The van der Waals surface area contributed by atoms with Gasteiger partial charge < -0.3 is 10.1 Å². The first kappa shape index (κ1) is 13.7. The summed E-state index contributed by atoms with van der Waals surface area (Å²) in [7, 11) is 0. The van der Waals surface area contributed by atoms with E-state index in [-0.39, 0.29) is 17.8 Å². The topological polar surface area (TPSA) is 55.4 Å². The van der Waals surface area contributed by atoms with E-state index in [2.05, 4.69) is 11.9 Å². The minimum absolute atomic E-state index is 0.0510. The molecule has 1 heterocycles. The minimum atomic E-state index is -0.413. The summed E-state index contributed by atoms with van der Waals surface area (Å²) in [4.78, 5) is 24.4. The second kappa shape index (κ2) is 5.48. The number of amides is 1. The van der Waals surface area contributed by atoms with Crippen LogP contribution in [-0.2, 0) is 9.53 Å². The van der Waals surface area contributed by atoms with Crippen molar-refractivity contribution in [3.8, 4) is 0 Å². The molecule has 0 saturated carbocycles. The van der Waals surface area contributed by atoms with E-state index in [0.29, 0.717) is 11.3 Å². The number of thioether (sulfide) groups is 1. The summed E-state index contributed by atoms with van der Waals surface area (Å²) in [6.45, 7) is 7.51. The van der Waals surface area contributed by atoms with E-state index in [0.717, 1.165) is 10.5 Å². The fourth-order valence-corrected chi connectivity index (χ4v) is 2.54. The van der Waals surface area contributed by atoms with Crippen LogP contribution in [-0.4, -0.2) is 23.7 Å². The Bertz CT molecular complexity index is 554. The zero-order chi connectivity index (χ0) is 14.0. The van der Waals surface area contributed by atoms with Crippen molar-refractivity contribution in [2.75, 3.05) is 11.9 Å². The molecule has 0 fully saturated rings. The Morgan fingerprint density at radius 3 is 2.95 bits per heavy atom. The number of benzene rings is 1. The zero-order valence-corrected chi connectivity index (χ0v) is 11.7. The highest BCUT2D eigenvalue weighted by Gasteiger charge is 2.23. The van der Waals surface area contributed by atoms with Crippen molar-refractivity contribution in [2.45, 2.75) is 24.0 Å². The summed E-state index contributed by atoms with van der Waals surface area (Å²) in [6, 6.07) is 5.18. The lowest BCUT2D eigenvalue weighted by Crippen LogP contribution is -2.26. The molecule has 0 unspecified atom stereocenters. The fourth-order valence-electron chi connectivity index (χ4n) is 1.61. The molecular weight excluding hydrogens is 262 g/mol. The zero-order valence-electron chi connectivity index (χ0n) is 10.9. The monoisotopic (exact) mass is 277 g/mol. The largest absolute Gasteiger partial charge is 0.458 e. The molecule has 1 aromatic rings. The predicted octanol–water partition coefficient (Wildman–Crippen LogP) is 2.85. The van der Waals surface area contributed by atoms with Crippen molar-refractivity contribution < 1.29 is 14.3 Å². The third-order valence-electron chi connectivity index (χ3n) is 2.60. The quantitative estimate of drug-likeness (QED) is 0.682. The van der Waals surface area contributed by atoms with E-state index in [1.54, 1.807) is 19.1 Å². The summed E-state index contributed by atoms with van der Waals surface area (Å²) < 4.78 is 5.07. The normalized spacial score (nSPS) is 17.4. The number of fused-ring (bicyclic) bond motifs is 1. The molecule has 0 aromatic heterocycles. The van der Waals surface area contributed by atoms with Gasteiger partial charge in [0.25, 0.3) is 0 Å². The molecule has 0 radical (unpaired) electrons. The molecule has 5 heteroatoms. The van der Waals surface area contributed by atoms with Crippen molar-refractivity contribution in [2.24, 2.45) is 0 Å². The number of carbonyl (C=O) groups is 2. The minimum Gasteiger partial charge on any atom is -0.458 e. The van der Waals surface area contributed by atoms with Gasteiger partial charge in [-0.25, -0.2) is 4.79 Å². The summed E-state index contributed by atoms with van der Waals surface area (Å²) in [5.74, 6) is -0.464. The maximum Gasteiger partial charge on any atom is 0.338 e. The molecule has 1 amide bonds. The molecule has 0 aliphatic carbocycles. The van der Waals surface area contributed by atoms with Gasteiger partial charge >= 0.3 is 5.97 Å². The third-order valence-corrected chi connectivity index (χ3v) is 3.77. The molecule has 1 aromatic carbocycles. The first-order valence-corrected chi connectivity index (χ1v) is 6.78. The van der Waals surface area contributed by atoms with Crippen LogP contribution in [0.5, 0.6) is 0 Å². The number of hydrogen-bond donors (Lipinski definition) is 1. The third kappa shape index (κ3) is 3.17. The highest BCUT2D eigenvalue weighted by atomic mass is 32.2. The summed E-state index contributed by atoms with van der Waals surface area (Å²) in [5, 5.41) is 2.67. The molecule has 19 heavy (non-hydrogen) atoms. The molecule has 100 valence electrons. The number of nitrogens with one attached hydrogen (secondary N) is 1.